The Balaban J connectivity index is 1.81. The van der Waals surface area contributed by atoms with Crippen molar-refractivity contribution in [3.05, 3.63) is 27.7 Å². The number of hydrogen-bond acceptors (Lipinski definition) is 3. The molecular formula is C13H17BrClNO2. The minimum Gasteiger partial charge on any atom is -0.491 e. The lowest BCUT2D eigenvalue weighted by Gasteiger charge is -2.22. The number of aliphatic hydroxyl groups is 1. The van der Waals surface area contributed by atoms with Gasteiger partial charge in [-0.05, 0) is 53.5 Å². The minimum absolute atomic E-state index is 0.241. The summed E-state index contributed by atoms with van der Waals surface area (Å²) in [5, 5.41) is 9.91. The van der Waals surface area contributed by atoms with E-state index in [1.54, 1.807) is 0 Å². The van der Waals surface area contributed by atoms with E-state index < -0.39 is 0 Å². The minimum atomic E-state index is 0.241. The molecule has 0 radical (unpaired) electrons. The number of halogens is 2. The van der Waals surface area contributed by atoms with Crippen LogP contribution in [0.15, 0.2) is 22.7 Å². The van der Waals surface area contributed by atoms with Crippen LogP contribution in [0.5, 0.6) is 5.75 Å². The summed E-state index contributed by atoms with van der Waals surface area (Å²) in [6.45, 7) is 2.76. The summed E-state index contributed by atoms with van der Waals surface area (Å²) in [5.41, 5.74) is 0. The first-order chi connectivity index (χ1) is 8.70. The molecule has 1 fully saturated rings. The van der Waals surface area contributed by atoms with Crippen molar-refractivity contribution in [2.45, 2.75) is 18.9 Å². The lowest BCUT2D eigenvalue weighted by atomic mass is 10.2. The van der Waals surface area contributed by atoms with Gasteiger partial charge in [-0.3, -0.25) is 4.90 Å². The average Bonchev–Trinajstić information content (AvgIpc) is 2.79. The van der Waals surface area contributed by atoms with E-state index in [1.165, 1.54) is 0 Å². The van der Waals surface area contributed by atoms with Crippen molar-refractivity contribution < 1.29 is 9.84 Å². The zero-order valence-electron chi connectivity index (χ0n) is 10.1. The SMILES string of the molecule is OCC1CCCN1CCOc1ccc(Cl)cc1Br. The first kappa shape index (κ1) is 14.1. The fourth-order valence-corrected chi connectivity index (χ4v) is 3.06. The average molecular weight is 335 g/mol. The van der Waals surface area contributed by atoms with Gasteiger partial charge < -0.3 is 9.84 Å². The third kappa shape index (κ3) is 3.60. The molecule has 0 aromatic heterocycles. The molecule has 5 heteroatoms. The smallest absolute Gasteiger partial charge is 0.133 e. The molecule has 0 aliphatic carbocycles. The Hall–Kier alpha value is -0.290. The van der Waals surface area contributed by atoms with Crippen LogP contribution < -0.4 is 4.74 Å². The van der Waals surface area contributed by atoms with Gasteiger partial charge in [0.15, 0.2) is 0 Å². The zero-order valence-corrected chi connectivity index (χ0v) is 12.5. The predicted molar refractivity (Wildman–Crippen MR) is 76.3 cm³/mol. The van der Waals surface area contributed by atoms with Crippen molar-refractivity contribution in [3.63, 3.8) is 0 Å². The maximum Gasteiger partial charge on any atom is 0.133 e. The monoisotopic (exact) mass is 333 g/mol. The number of rotatable bonds is 5. The quantitative estimate of drug-likeness (QED) is 0.898. The molecule has 0 amide bonds. The van der Waals surface area contributed by atoms with Crippen LogP contribution in [0, 0.1) is 0 Å². The van der Waals surface area contributed by atoms with Crippen molar-refractivity contribution in [1.29, 1.82) is 0 Å². The summed E-state index contributed by atoms with van der Waals surface area (Å²) in [6, 6.07) is 5.80. The molecule has 1 saturated heterocycles. The van der Waals surface area contributed by atoms with E-state index >= 15 is 0 Å². The van der Waals surface area contributed by atoms with E-state index in [-0.39, 0.29) is 6.61 Å². The second-order valence-corrected chi connectivity index (χ2v) is 5.73. The Bertz CT molecular complexity index is 403. The number of aliphatic hydroxyl groups excluding tert-OH is 1. The summed E-state index contributed by atoms with van der Waals surface area (Å²) in [6.07, 6.45) is 2.25. The highest BCUT2D eigenvalue weighted by Gasteiger charge is 2.23. The number of nitrogens with zero attached hydrogens (tertiary/aromatic N) is 1. The van der Waals surface area contributed by atoms with Gasteiger partial charge in [0.1, 0.15) is 12.4 Å². The van der Waals surface area contributed by atoms with Gasteiger partial charge in [0, 0.05) is 17.6 Å². The molecule has 2 rings (SSSR count). The molecule has 100 valence electrons. The lowest BCUT2D eigenvalue weighted by molar-refractivity contribution is 0.139. The lowest BCUT2D eigenvalue weighted by Crippen LogP contribution is -2.35. The van der Waals surface area contributed by atoms with Crippen LogP contribution in [0.3, 0.4) is 0 Å². The van der Waals surface area contributed by atoms with Crippen molar-refractivity contribution in [2.24, 2.45) is 0 Å². The van der Waals surface area contributed by atoms with Crippen LogP contribution in [-0.4, -0.2) is 42.4 Å². The summed E-state index contributed by atoms with van der Waals surface area (Å²) in [5.74, 6) is 0.805. The summed E-state index contributed by atoms with van der Waals surface area (Å²) >= 11 is 9.29. The van der Waals surface area contributed by atoms with Gasteiger partial charge in [0.05, 0.1) is 11.1 Å². The molecule has 1 aliphatic heterocycles. The maximum atomic E-state index is 9.22. The fourth-order valence-electron chi connectivity index (χ4n) is 2.26. The van der Waals surface area contributed by atoms with Crippen LogP contribution in [0.25, 0.3) is 0 Å². The first-order valence-corrected chi connectivity index (χ1v) is 7.30. The van der Waals surface area contributed by atoms with E-state index in [1.807, 2.05) is 18.2 Å². The van der Waals surface area contributed by atoms with Gasteiger partial charge in [0.25, 0.3) is 0 Å². The van der Waals surface area contributed by atoms with Crippen LogP contribution in [0.2, 0.25) is 5.02 Å². The van der Waals surface area contributed by atoms with E-state index in [9.17, 15) is 5.11 Å². The molecule has 1 aromatic rings. The van der Waals surface area contributed by atoms with E-state index in [4.69, 9.17) is 16.3 Å². The topological polar surface area (TPSA) is 32.7 Å². The Kier molecular flexibility index (Phi) is 5.30. The zero-order chi connectivity index (χ0) is 13.0. The molecule has 18 heavy (non-hydrogen) atoms. The van der Waals surface area contributed by atoms with Crippen LogP contribution in [-0.2, 0) is 0 Å². The second kappa shape index (κ2) is 6.75. The van der Waals surface area contributed by atoms with E-state index in [2.05, 4.69) is 20.8 Å². The Morgan fingerprint density at radius 3 is 3.06 bits per heavy atom. The van der Waals surface area contributed by atoms with Crippen LogP contribution >= 0.6 is 27.5 Å². The van der Waals surface area contributed by atoms with Crippen molar-refractivity contribution in [1.82, 2.24) is 4.90 Å². The van der Waals surface area contributed by atoms with E-state index in [0.29, 0.717) is 17.7 Å². The number of likely N-dealkylation sites (tertiary alicyclic amines) is 1. The van der Waals surface area contributed by atoms with Crippen molar-refractivity contribution in [2.75, 3.05) is 26.3 Å². The van der Waals surface area contributed by atoms with Gasteiger partial charge in [0.2, 0.25) is 0 Å². The molecule has 1 heterocycles. The highest BCUT2D eigenvalue weighted by molar-refractivity contribution is 9.10. The number of benzene rings is 1. The third-order valence-electron chi connectivity index (χ3n) is 3.24. The molecule has 0 spiro atoms. The van der Waals surface area contributed by atoms with Gasteiger partial charge in [-0.2, -0.15) is 0 Å². The highest BCUT2D eigenvalue weighted by Crippen LogP contribution is 2.28. The fraction of sp³-hybridized carbons (Fsp3) is 0.538. The second-order valence-electron chi connectivity index (χ2n) is 4.44. The van der Waals surface area contributed by atoms with Crippen molar-refractivity contribution >= 4 is 27.5 Å². The van der Waals surface area contributed by atoms with Crippen molar-refractivity contribution in [3.8, 4) is 5.75 Å². The number of ether oxygens (including phenoxy) is 1. The molecule has 1 aliphatic rings. The van der Waals surface area contributed by atoms with E-state index in [0.717, 1.165) is 36.2 Å². The van der Waals surface area contributed by atoms with Gasteiger partial charge in [-0.15, -0.1) is 0 Å². The summed E-state index contributed by atoms with van der Waals surface area (Å²) in [4.78, 5) is 2.28. The van der Waals surface area contributed by atoms with Crippen LogP contribution in [0.4, 0.5) is 0 Å². The number of hydrogen-bond donors (Lipinski definition) is 1. The largest absolute Gasteiger partial charge is 0.491 e. The van der Waals surface area contributed by atoms with Crippen LogP contribution in [0.1, 0.15) is 12.8 Å². The molecule has 1 N–H and O–H groups in total. The molecule has 0 bridgehead atoms. The maximum absolute atomic E-state index is 9.22. The molecular weight excluding hydrogens is 318 g/mol. The first-order valence-electron chi connectivity index (χ1n) is 6.13. The van der Waals surface area contributed by atoms with Gasteiger partial charge >= 0.3 is 0 Å². The Morgan fingerprint density at radius 1 is 1.50 bits per heavy atom. The Labute approximate surface area is 121 Å². The summed E-state index contributed by atoms with van der Waals surface area (Å²) < 4.78 is 6.59. The Morgan fingerprint density at radius 2 is 2.33 bits per heavy atom. The molecule has 1 unspecified atom stereocenters. The summed E-state index contributed by atoms with van der Waals surface area (Å²) in [7, 11) is 0. The molecule has 3 nitrogen and oxygen atoms in total. The standard InChI is InChI=1S/C13H17BrClNO2/c14-12-8-10(15)3-4-13(12)18-7-6-16-5-1-2-11(16)9-17/h3-4,8,11,17H,1-2,5-7,9H2. The molecule has 1 aromatic carbocycles. The molecule has 1 atom stereocenters. The van der Waals surface area contributed by atoms with Gasteiger partial charge in [-0.1, -0.05) is 11.6 Å². The predicted octanol–water partition coefficient (Wildman–Crippen LogP) is 2.94. The third-order valence-corrected chi connectivity index (χ3v) is 4.09. The van der Waals surface area contributed by atoms with Gasteiger partial charge in [-0.25, -0.2) is 0 Å². The molecule has 0 saturated carbocycles. The normalized spacial score (nSPS) is 20.3. The highest BCUT2D eigenvalue weighted by atomic mass is 79.9.